The van der Waals surface area contributed by atoms with Gasteiger partial charge in [-0.05, 0) is 83.5 Å². The minimum absolute atomic E-state index is 0.0791. The summed E-state index contributed by atoms with van der Waals surface area (Å²) < 4.78 is 10.6. The van der Waals surface area contributed by atoms with Crippen molar-refractivity contribution in [2.75, 3.05) is 13.2 Å². The van der Waals surface area contributed by atoms with Crippen LogP contribution in [0.25, 0.3) is 0 Å². The maximum Gasteiger partial charge on any atom is 0.306 e. The van der Waals surface area contributed by atoms with Crippen LogP contribution in [0.1, 0.15) is 194 Å². The molecular weight excluding hydrogens is 620 g/mol. The number of hydrogen-bond acceptors (Lipinski definition) is 5. The van der Waals surface area contributed by atoms with Crippen molar-refractivity contribution in [2.24, 2.45) is 0 Å². The van der Waals surface area contributed by atoms with Crippen molar-refractivity contribution in [1.29, 1.82) is 0 Å². The molecule has 1 atom stereocenters. The van der Waals surface area contributed by atoms with Crippen molar-refractivity contribution in [1.82, 2.24) is 0 Å². The molecule has 5 nitrogen and oxygen atoms in total. The Morgan fingerprint density at radius 2 is 0.800 bits per heavy atom. The summed E-state index contributed by atoms with van der Waals surface area (Å²) in [5, 5.41) is 9.57. The number of esters is 2. The zero-order chi connectivity index (χ0) is 36.4. The van der Waals surface area contributed by atoms with Crippen LogP contribution < -0.4 is 0 Å². The van der Waals surface area contributed by atoms with Gasteiger partial charge in [0, 0.05) is 12.8 Å². The van der Waals surface area contributed by atoms with E-state index in [1.54, 1.807) is 0 Å². The Labute approximate surface area is 309 Å². The summed E-state index contributed by atoms with van der Waals surface area (Å²) in [5.74, 6) is -0.622. The van der Waals surface area contributed by atoms with Crippen LogP contribution in [0.2, 0.25) is 0 Å². The molecule has 0 aliphatic rings. The summed E-state index contributed by atoms with van der Waals surface area (Å²) in [4.78, 5) is 24.3. The highest BCUT2D eigenvalue weighted by atomic mass is 16.6. The van der Waals surface area contributed by atoms with Crippen molar-refractivity contribution < 1.29 is 24.2 Å². The van der Waals surface area contributed by atoms with Gasteiger partial charge in [0.1, 0.15) is 6.61 Å². The summed E-state index contributed by atoms with van der Waals surface area (Å²) in [5.41, 5.74) is 0. The Morgan fingerprint density at radius 3 is 1.20 bits per heavy atom. The first-order valence-corrected chi connectivity index (χ1v) is 20.8. The lowest BCUT2D eigenvalue weighted by atomic mass is 10.1. The van der Waals surface area contributed by atoms with E-state index in [9.17, 15) is 14.7 Å². The molecule has 0 fully saturated rings. The quantitative estimate of drug-likeness (QED) is 0.0397. The van der Waals surface area contributed by atoms with Crippen LogP contribution in [0.4, 0.5) is 0 Å². The Morgan fingerprint density at radius 1 is 0.460 bits per heavy atom. The average Bonchev–Trinajstić information content (AvgIpc) is 3.12. The zero-order valence-electron chi connectivity index (χ0n) is 32.6. The predicted molar refractivity (Wildman–Crippen MR) is 214 cm³/mol. The van der Waals surface area contributed by atoms with Gasteiger partial charge in [-0.15, -0.1) is 0 Å². The molecular formula is C45H78O5. The van der Waals surface area contributed by atoms with Gasteiger partial charge in [-0.3, -0.25) is 9.59 Å². The summed E-state index contributed by atoms with van der Waals surface area (Å²) >= 11 is 0. The summed E-state index contributed by atoms with van der Waals surface area (Å²) in [6.07, 6.45) is 52.8. The number of carbonyl (C=O) groups is 2. The molecule has 0 radical (unpaired) electrons. The molecule has 0 aromatic heterocycles. The second kappa shape index (κ2) is 41.0. The van der Waals surface area contributed by atoms with Gasteiger partial charge < -0.3 is 14.6 Å². The van der Waals surface area contributed by atoms with Gasteiger partial charge in [-0.2, -0.15) is 0 Å². The first kappa shape index (κ1) is 47.6. The van der Waals surface area contributed by atoms with Crippen molar-refractivity contribution in [3.05, 3.63) is 60.8 Å². The van der Waals surface area contributed by atoms with Gasteiger partial charge in [0.05, 0.1) is 6.61 Å². The molecule has 288 valence electrons. The standard InChI is InChI=1S/C45H78O5/c1-3-5-7-9-11-13-15-17-19-21-22-24-25-27-29-31-33-35-37-39-44(47)49-42-43(41-46)50-45(48)40-38-36-34-32-30-28-26-23-20-18-16-14-12-10-8-6-4-2/h11-14,17-20,26,28,43,46H,3-10,15-16,21-25,27,29-42H2,1-2H3/t43-/m0/s1. The Kier molecular flexibility index (Phi) is 39.1. The van der Waals surface area contributed by atoms with Crippen molar-refractivity contribution >= 4 is 11.9 Å². The Bertz CT molecular complexity index is 884. The molecule has 0 rings (SSSR count). The van der Waals surface area contributed by atoms with E-state index in [1.807, 2.05) is 0 Å². The SMILES string of the molecule is CCCCCC=CCC=CCC=CCCCCCCC(=O)O[C@@H](CO)COC(=O)CCCCCCCCCCCC=CCC=CCCCCC. The third-order valence-electron chi connectivity index (χ3n) is 8.78. The summed E-state index contributed by atoms with van der Waals surface area (Å²) in [7, 11) is 0. The number of unbranched alkanes of at least 4 members (excludes halogenated alkanes) is 19. The van der Waals surface area contributed by atoms with E-state index >= 15 is 0 Å². The third-order valence-corrected chi connectivity index (χ3v) is 8.78. The smallest absolute Gasteiger partial charge is 0.306 e. The van der Waals surface area contributed by atoms with Gasteiger partial charge in [0.15, 0.2) is 6.10 Å². The molecule has 0 aliphatic carbocycles. The van der Waals surface area contributed by atoms with Crippen molar-refractivity contribution in [3.63, 3.8) is 0 Å². The fourth-order valence-electron chi connectivity index (χ4n) is 5.59. The van der Waals surface area contributed by atoms with E-state index in [0.29, 0.717) is 12.8 Å². The molecule has 0 saturated heterocycles. The van der Waals surface area contributed by atoms with E-state index in [1.165, 1.54) is 96.3 Å². The number of allylic oxidation sites excluding steroid dienone is 10. The lowest BCUT2D eigenvalue weighted by molar-refractivity contribution is -0.161. The number of aliphatic hydroxyl groups excluding tert-OH is 1. The normalized spacial score (nSPS) is 12.8. The third kappa shape index (κ3) is 38.4. The topological polar surface area (TPSA) is 72.8 Å². The molecule has 50 heavy (non-hydrogen) atoms. The maximum absolute atomic E-state index is 12.2. The summed E-state index contributed by atoms with van der Waals surface area (Å²) in [6.45, 7) is 4.06. The van der Waals surface area contributed by atoms with Crippen LogP contribution in [-0.2, 0) is 19.1 Å². The van der Waals surface area contributed by atoms with Crippen molar-refractivity contribution in [3.8, 4) is 0 Å². The zero-order valence-corrected chi connectivity index (χ0v) is 32.6. The van der Waals surface area contributed by atoms with Crippen molar-refractivity contribution in [2.45, 2.75) is 200 Å². The van der Waals surface area contributed by atoms with Gasteiger partial charge in [-0.25, -0.2) is 0 Å². The van der Waals surface area contributed by atoms with Crippen LogP contribution in [-0.4, -0.2) is 36.4 Å². The fourth-order valence-corrected chi connectivity index (χ4v) is 5.59. The number of aliphatic hydroxyl groups is 1. The lowest BCUT2D eigenvalue weighted by Gasteiger charge is -2.15. The first-order chi connectivity index (χ1) is 24.6. The van der Waals surface area contributed by atoms with Crippen LogP contribution in [0.5, 0.6) is 0 Å². The number of rotatable bonds is 37. The monoisotopic (exact) mass is 699 g/mol. The average molecular weight is 699 g/mol. The van der Waals surface area contributed by atoms with Crippen LogP contribution >= 0.6 is 0 Å². The van der Waals surface area contributed by atoms with Crippen LogP contribution in [0.3, 0.4) is 0 Å². The predicted octanol–water partition coefficient (Wildman–Crippen LogP) is 13.2. The molecule has 0 saturated carbocycles. The minimum atomic E-state index is -0.786. The molecule has 0 heterocycles. The van der Waals surface area contributed by atoms with Gasteiger partial charge in [0.2, 0.25) is 0 Å². The second-order valence-electron chi connectivity index (χ2n) is 13.7. The number of ether oxygens (including phenoxy) is 2. The van der Waals surface area contributed by atoms with Gasteiger partial charge >= 0.3 is 11.9 Å². The highest BCUT2D eigenvalue weighted by Gasteiger charge is 2.16. The minimum Gasteiger partial charge on any atom is -0.462 e. The maximum atomic E-state index is 12.2. The van der Waals surface area contributed by atoms with E-state index in [-0.39, 0.29) is 25.2 Å². The molecule has 0 aromatic rings. The fraction of sp³-hybridized carbons (Fsp3) is 0.733. The lowest BCUT2D eigenvalue weighted by Crippen LogP contribution is -2.28. The highest BCUT2D eigenvalue weighted by molar-refractivity contribution is 5.70. The Balaban J connectivity index is 3.60. The van der Waals surface area contributed by atoms with Gasteiger partial charge in [0.25, 0.3) is 0 Å². The molecule has 0 amide bonds. The number of carbonyl (C=O) groups excluding carboxylic acids is 2. The van der Waals surface area contributed by atoms with E-state index in [2.05, 4.69) is 74.6 Å². The molecule has 0 aliphatic heterocycles. The molecule has 0 spiro atoms. The molecule has 1 N–H and O–H groups in total. The molecule has 5 heteroatoms. The van der Waals surface area contributed by atoms with E-state index in [4.69, 9.17) is 9.47 Å². The second-order valence-corrected chi connectivity index (χ2v) is 13.7. The van der Waals surface area contributed by atoms with E-state index in [0.717, 1.165) is 70.6 Å². The molecule has 0 unspecified atom stereocenters. The van der Waals surface area contributed by atoms with E-state index < -0.39 is 6.10 Å². The summed E-state index contributed by atoms with van der Waals surface area (Å²) in [6, 6.07) is 0. The largest absolute Gasteiger partial charge is 0.462 e. The molecule has 0 aromatic carbocycles. The van der Waals surface area contributed by atoms with Gasteiger partial charge in [-0.1, -0.05) is 158 Å². The van der Waals surface area contributed by atoms with Crippen LogP contribution in [0, 0.1) is 0 Å². The van der Waals surface area contributed by atoms with Crippen LogP contribution in [0.15, 0.2) is 60.8 Å². The molecule has 0 bridgehead atoms. The Hall–Kier alpha value is -2.40. The highest BCUT2D eigenvalue weighted by Crippen LogP contribution is 2.13. The first-order valence-electron chi connectivity index (χ1n) is 20.8. The number of hydrogen-bond donors (Lipinski definition) is 1.